The van der Waals surface area contributed by atoms with Crippen LogP contribution in [0.4, 0.5) is 19.1 Å². The van der Waals surface area contributed by atoms with Crippen LogP contribution in [0.2, 0.25) is 0 Å². The average molecular weight is 215 g/mol. The van der Waals surface area contributed by atoms with Gasteiger partial charge in [-0.05, 0) is 17.3 Å². The number of benzene rings is 1. The zero-order chi connectivity index (χ0) is 11.0. The van der Waals surface area contributed by atoms with E-state index in [-0.39, 0.29) is 17.4 Å². The van der Waals surface area contributed by atoms with Gasteiger partial charge in [0.15, 0.2) is 17.5 Å². The molecule has 1 heterocycles. The molecule has 78 valence electrons. The number of nitrogens with zero attached hydrogens (tertiary/aromatic N) is 2. The summed E-state index contributed by atoms with van der Waals surface area (Å²) in [7, 11) is 0. The van der Waals surface area contributed by atoms with Crippen molar-refractivity contribution in [2.45, 2.75) is 0 Å². The highest BCUT2D eigenvalue weighted by atomic mass is 19.2. The van der Waals surface area contributed by atoms with E-state index in [1.54, 1.807) is 0 Å². The second kappa shape index (κ2) is 3.26. The first-order valence-corrected chi connectivity index (χ1v) is 3.82. The maximum absolute atomic E-state index is 13.2. The molecule has 0 atom stereocenters. The average Bonchev–Trinajstić information content (AvgIpc) is 2.61. The highest BCUT2D eigenvalue weighted by Crippen LogP contribution is 2.24. The molecule has 0 fully saturated rings. The van der Waals surface area contributed by atoms with Crippen LogP contribution in [-0.4, -0.2) is 10.1 Å². The van der Waals surface area contributed by atoms with Gasteiger partial charge in [-0.2, -0.15) is 4.98 Å². The monoisotopic (exact) mass is 215 g/mol. The minimum Gasteiger partial charge on any atom is -0.365 e. The molecule has 0 aliphatic carbocycles. The van der Waals surface area contributed by atoms with Crippen molar-refractivity contribution in [2.24, 2.45) is 0 Å². The molecule has 0 unspecified atom stereocenters. The molecule has 0 aliphatic rings. The van der Waals surface area contributed by atoms with Gasteiger partial charge in [-0.25, -0.2) is 13.2 Å². The van der Waals surface area contributed by atoms with Crippen molar-refractivity contribution < 1.29 is 17.7 Å². The molecule has 0 radical (unpaired) electrons. The summed E-state index contributed by atoms with van der Waals surface area (Å²) < 4.78 is 43.1. The van der Waals surface area contributed by atoms with Gasteiger partial charge in [0.25, 0.3) is 11.8 Å². The number of aromatic nitrogens is 2. The van der Waals surface area contributed by atoms with Gasteiger partial charge >= 0.3 is 0 Å². The first-order valence-electron chi connectivity index (χ1n) is 3.82. The summed E-state index contributed by atoms with van der Waals surface area (Å²) in [6.45, 7) is 0. The first-order chi connectivity index (χ1) is 7.09. The Morgan fingerprint density at radius 1 is 1.13 bits per heavy atom. The topological polar surface area (TPSA) is 64.9 Å². The normalized spacial score (nSPS) is 10.6. The van der Waals surface area contributed by atoms with Gasteiger partial charge in [-0.1, -0.05) is 0 Å². The highest BCUT2D eigenvalue weighted by molar-refractivity contribution is 5.54. The van der Waals surface area contributed by atoms with E-state index in [0.717, 1.165) is 12.1 Å². The molecule has 1 aromatic heterocycles. The molecular formula is C8H4F3N3O. The molecule has 2 aromatic rings. The van der Waals surface area contributed by atoms with E-state index in [2.05, 4.69) is 14.7 Å². The second-order valence-electron chi connectivity index (χ2n) is 2.68. The summed E-state index contributed by atoms with van der Waals surface area (Å²) in [4.78, 5) is 3.48. The van der Waals surface area contributed by atoms with Gasteiger partial charge in [0.1, 0.15) is 0 Å². The number of nitrogens with two attached hydrogens (primary N) is 1. The van der Waals surface area contributed by atoms with Gasteiger partial charge in [0.05, 0.1) is 5.56 Å². The lowest BCUT2D eigenvalue weighted by Crippen LogP contribution is -1.94. The van der Waals surface area contributed by atoms with E-state index in [1.165, 1.54) is 0 Å². The van der Waals surface area contributed by atoms with Gasteiger partial charge in [0, 0.05) is 0 Å². The Hall–Kier alpha value is -2.05. The highest BCUT2D eigenvalue weighted by Gasteiger charge is 2.18. The van der Waals surface area contributed by atoms with E-state index in [1.807, 2.05) is 0 Å². The van der Waals surface area contributed by atoms with Crippen molar-refractivity contribution in [2.75, 3.05) is 5.73 Å². The Balaban J connectivity index is 2.59. The Morgan fingerprint density at radius 3 is 2.47 bits per heavy atom. The van der Waals surface area contributed by atoms with Crippen molar-refractivity contribution in [3.8, 4) is 11.5 Å². The number of hydrogen-bond acceptors (Lipinski definition) is 4. The number of hydrogen-bond donors (Lipinski definition) is 1. The minimum atomic E-state index is -1.59. The molecule has 15 heavy (non-hydrogen) atoms. The fourth-order valence-electron chi connectivity index (χ4n) is 1.04. The number of nitrogen functional groups attached to an aromatic ring is 1. The lowest BCUT2D eigenvalue weighted by atomic mass is 10.2. The SMILES string of the molecule is Nc1noc(-c2ccc(F)c(F)c2F)n1. The third-order valence-corrected chi connectivity index (χ3v) is 1.71. The van der Waals surface area contributed by atoms with Gasteiger partial charge in [-0.15, -0.1) is 0 Å². The second-order valence-corrected chi connectivity index (χ2v) is 2.68. The summed E-state index contributed by atoms with van der Waals surface area (Å²) in [5.41, 5.74) is 4.79. The maximum atomic E-state index is 13.2. The zero-order valence-corrected chi connectivity index (χ0v) is 7.17. The molecule has 1 aromatic carbocycles. The Morgan fingerprint density at radius 2 is 1.87 bits per heavy atom. The largest absolute Gasteiger partial charge is 0.365 e. The van der Waals surface area contributed by atoms with Crippen molar-refractivity contribution in [1.82, 2.24) is 10.1 Å². The molecule has 0 saturated heterocycles. The summed E-state index contributed by atoms with van der Waals surface area (Å²) in [5.74, 6) is -4.79. The van der Waals surface area contributed by atoms with E-state index < -0.39 is 17.5 Å². The predicted octanol–water partition coefficient (Wildman–Crippen LogP) is 1.74. The van der Waals surface area contributed by atoms with Gasteiger partial charge < -0.3 is 10.3 Å². The zero-order valence-electron chi connectivity index (χ0n) is 7.17. The lowest BCUT2D eigenvalue weighted by Gasteiger charge is -1.98. The Kier molecular flexibility index (Phi) is 2.07. The van der Waals surface area contributed by atoms with Crippen molar-refractivity contribution in [3.63, 3.8) is 0 Å². The summed E-state index contributed by atoms with van der Waals surface area (Å²) >= 11 is 0. The van der Waals surface area contributed by atoms with E-state index >= 15 is 0 Å². The van der Waals surface area contributed by atoms with Crippen molar-refractivity contribution in [1.29, 1.82) is 0 Å². The van der Waals surface area contributed by atoms with Crippen LogP contribution in [0, 0.1) is 17.5 Å². The quantitative estimate of drug-likeness (QED) is 0.736. The summed E-state index contributed by atoms with van der Waals surface area (Å²) in [6, 6.07) is 1.74. The molecule has 7 heteroatoms. The van der Waals surface area contributed by atoms with Crippen molar-refractivity contribution in [3.05, 3.63) is 29.6 Å². The molecule has 0 aliphatic heterocycles. The molecule has 4 nitrogen and oxygen atoms in total. The smallest absolute Gasteiger partial charge is 0.262 e. The molecule has 0 spiro atoms. The van der Waals surface area contributed by atoms with Gasteiger partial charge in [-0.3, -0.25) is 0 Å². The fraction of sp³-hybridized carbons (Fsp3) is 0. The molecule has 2 rings (SSSR count). The molecule has 0 saturated carbocycles. The summed E-state index contributed by atoms with van der Waals surface area (Å²) in [5, 5.41) is 3.20. The molecular weight excluding hydrogens is 211 g/mol. The molecule has 0 amide bonds. The lowest BCUT2D eigenvalue weighted by molar-refractivity contribution is 0.420. The number of anilines is 1. The molecule has 0 bridgehead atoms. The van der Waals surface area contributed by atoms with E-state index in [4.69, 9.17) is 5.73 Å². The predicted molar refractivity (Wildman–Crippen MR) is 44.0 cm³/mol. The van der Waals surface area contributed by atoms with Crippen LogP contribution in [0.1, 0.15) is 0 Å². The van der Waals surface area contributed by atoms with Crippen LogP contribution < -0.4 is 5.73 Å². The molecule has 2 N–H and O–H groups in total. The third kappa shape index (κ3) is 1.51. The third-order valence-electron chi connectivity index (χ3n) is 1.71. The van der Waals surface area contributed by atoms with E-state index in [0.29, 0.717) is 0 Å². The van der Waals surface area contributed by atoms with Crippen LogP contribution in [0.15, 0.2) is 16.7 Å². The Bertz CT molecular complexity index is 512. The minimum absolute atomic E-state index is 0.214. The summed E-state index contributed by atoms with van der Waals surface area (Å²) in [6.07, 6.45) is 0. The van der Waals surface area contributed by atoms with Crippen LogP contribution in [0.25, 0.3) is 11.5 Å². The van der Waals surface area contributed by atoms with Crippen LogP contribution in [0.3, 0.4) is 0 Å². The fourth-order valence-corrected chi connectivity index (χ4v) is 1.04. The van der Waals surface area contributed by atoms with Crippen LogP contribution in [0.5, 0.6) is 0 Å². The van der Waals surface area contributed by atoms with Crippen molar-refractivity contribution >= 4 is 5.95 Å². The standard InChI is InChI=1S/C8H4F3N3O/c9-4-2-1-3(5(10)6(4)11)7-13-8(12)14-15-7/h1-2H,(H2,12,14). The maximum Gasteiger partial charge on any atom is 0.262 e. The van der Waals surface area contributed by atoms with Crippen LogP contribution >= 0.6 is 0 Å². The van der Waals surface area contributed by atoms with Gasteiger partial charge in [0.2, 0.25) is 0 Å². The van der Waals surface area contributed by atoms with Crippen LogP contribution in [-0.2, 0) is 0 Å². The van der Waals surface area contributed by atoms with E-state index in [9.17, 15) is 13.2 Å². The number of halogens is 3. The Labute approximate surface area is 81.5 Å². The number of rotatable bonds is 1. The first kappa shape index (κ1) is 9.50.